The maximum atomic E-state index is 15.3. The summed E-state index contributed by atoms with van der Waals surface area (Å²) in [5.41, 5.74) is 6.75. The van der Waals surface area contributed by atoms with Crippen LogP contribution in [0.15, 0.2) is 158 Å². The number of hydrogen-bond donors (Lipinski definition) is 2. The quantitative estimate of drug-likeness (QED) is 0.0707. The first-order chi connectivity index (χ1) is 31.7. The normalized spacial score (nSPS) is 12.4. The van der Waals surface area contributed by atoms with Crippen molar-refractivity contribution in [2.24, 2.45) is 0 Å². The predicted molar refractivity (Wildman–Crippen MR) is 249 cm³/mol. The molecule has 2 aliphatic rings. The van der Waals surface area contributed by atoms with Gasteiger partial charge in [-0.1, -0.05) is 97.2 Å². The Balaban J connectivity index is 0.000000248. The van der Waals surface area contributed by atoms with Crippen LogP contribution in [0.1, 0.15) is 43.0 Å². The fourth-order valence-electron chi connectivity index (χ4n) is 7.62. The van der Waals surface area contributed by atoms with E-state index in [9.17, 15) is 9.59 Å². The molecule has 0 amide bonds. The summed E-state index contributed by atoms with van der Waals surface area (Å²) in [6, 6.07) is 36.0. The summed E-state index contributed by atoms with van der Waals surface area (Å²) in [5.74, 6) is -8.32. The summed E-state index contributed by atoms with van der Waals surface area (Å²) < 4.78 is 61.3. The second kappa shape index (κ2) is 20.7. The van der Waals surface area contributed by atoms with Gasteiger partial charge in [0.2, 0.25) is 0 Å². The minimum atomic E-state index is -3.08. The van der Waals surface area contributed by atoms with Crippen molar-refractivity contribution < 1.29 is 56.8 Å². The number of thiocarbonyl (C=S) groups is 2. The number of carboxylic acid groups (broad SMARTS) is 2. The van der Waals surface area contributed by atoms with Crippen LogP contribution in [0, 0.1) is 0 Å². The van der Waals surface area contributed by atoms with E-state index >= 15 is 17.6 Å². The number of hydrogen-bond acceptors (Lipinski definition) is 8. The zero-order valence-corrected chi connectivity index (χ0v) is 37.5. The van der Waals surface area contributed by atoms with E-state index in [4.69, 9.17) is 21.0 Å². The predicted octanol–water partition coefficient (Wildman–Crippen LogP) is 12.6. The fraction of sp³-hybridized carbons (Fsp3) is 0.0400. The van der Waals surface area contributed by atoms with Crippen LogP contribution >= 0.6 is 24.4 Å². The molecule has 0 saturated carbocycles. The van der Waals surface area contributed by atoms with E-state index in [1.165, 1.54) is 59.1 Å². The standard InChI is InChI=1S/C36H20F4N2.C12H8N2O4.2CNS.Ru/c37-35(38)29-7-3-1-5-25(29)27-11-9-21(17-31(27)35)23-13-15-41-33(19-23)34-20-24(14-16-42-34)22-10-12-28-26-6-2-4-8-30(26)36(39,40)32(28)18-22;15-11(16)7-1-3-13-9(5-7)10-6-8(12(17)18)2-4-14-10;2*2-1-3;/h1-20H;1-6H,(H,15,16)(H,17,18);;;/q;;2*-1;+2. The van der Waals surface area contributed by atoms with Gasteiger partial charge in [-0.2, -0.15) is 27.9 Å². The number of benzene rings is 4. The molecule has 67 heavy (non-hydrogen) atoms. The number of aromatic carboxylic acids is 2. The molecule has 0 aliphatic heterocycles. The molecule has 0 bridgehead atoms. The first-order valence-electron chi connectivity index (χ1n) is 19.3. The van der Waals surface area contributed by atoms with Crippen LogP contribution in [-0.4, -0.2) is 52.4 Å². The molecule has 17 heteroatoms. The van der Waals surface area contributed by atoms with Gasteiger partial charge >= 0.3 is 31.4 Å². The van der Waals surface area contributed by atoms with Crippen molar-refractivity contribution >= 4 is 46.7 Å². The van der Waals surface area contributed by atoms with E-state index in [-0.39, 0.29) is 52.9 Å². The maximum absolute atomic E-state index is 15.3. The van der Waals surface area contributed by atoms with Crippen LogP contribution in [0.2, 0.25) is 0 Å². The van der Waals surface area contributed by atoms with Gasteiger partial charge in [-0.05, 0) is 105 Å². The van der Waals surface area contributed by atoms with Gasteiger partial charge in [0.15, 0.2) is 0 Å². The Hall–Kier alpha value is -7.64. The van der Waals surface area contributed by atoms with Gasteiger partial charge in [0.05, 0.1) is 33.9 Å². The molecule has 0 unspecified atom stereocenters. The Kier molecular flexibility index (Phi) is 15.1. The van der Waals surface area contributed by atoms with E-state index < -0.39 is 23.8 Å². The van der Waals surface area contributed by atoms with Crippen LogP contribution < -0.4 is 0 Å². The zero-order valence-electron chi connectivity index (χ0n) is 34.1. The molecule has 2 N–H and O–H groups in total. The zero-order chi connectivity index (χ0) is 47.2. The number of nitrogens with zero attached hydrogens (tertiary/aromatic N) is 6. The molecule has 0 saturated heterocycles. The number of pyridine rings is 4. The van der Waals surface area contributed by atoms with Crippen molar-refractivity contribution in [1.82, 2.24) is 19.9 Å². The van der Waals surface area contributed by atoms with Crippen molar-refractivity contribution in [3.05, 3.63) is 202 Å². The molecule has 2 aliphatic carbocycles. The number of aromatic nitrogens is 4. The van der Waals surface area contributed by atoms with Crippen LogP contribution in [0.4, 0.5) is 17.6 Å². The van der Waals surface area contributed by atoms with E-state index in [1.807, 2.05) is 24.3 Å². The third-order valence-corrected chi connectivity index (χ3v) is 10.6. The minimum Gasteiger partial charge on any atom is -0.753 e. The summed E-state index contributed by atoms with van der Waals surface area (Å²) in [7, 11) is 0. The first kappa shape index (κ1) is 48.8. The monoisotopic (exact) mass is 1020 g/mol. The van der Waals surface area contributed by atoms with Crippen LogP contribution in [0.3, 0.4) is 0 Å². The average Bonchev–Trinajstić information content (AvgIpc) is 3.71. The summed E-state index contributed by atoms with van der Waals surface area (Å²) in [6.07, 6.45) is 5.92. The van der Waals surface area contributed by atoms with Crippen molar-refractivity contribution in [3.8, 4) is 67.3 Å². The van der Waals surface area contributed by atoms with E-state index in [0.29, 0.717) is 56.2 Å². The Morgan fingerprint density at radius 3 is 1.10 bits per heavy atom. The molecule has 4 aromatic heterocycles. The Morgan fingerprint density at radius 1 is 0.448 bits per heavy atom. The maximum Gasteiger partial charge on any atom is 2.00 e. The van der Waals surface area contributed by atoms with Gasteiger partial charge in [0.25, 0.3) is 11.8 Å². The summed E-state index contributed by atoms with van der Waals surface area (Å²) in [6.45, 7) is 0. The Morgan fingerprint density at radius 2 is 0.746 bits per heavy atom. The molecule has 10 rings (SSSR count). The molecule has 4 aromatic carbocycles. The second-order valence-corrected chi connectivity index (χ2v) is 14.6. The molecule has 0 spiro atoms. The fourth-order valence-corrected chi connectivity index (χ4v) is 7.62. The summed E-state index contributed by atoms with van der Waals surface area (Å²) in [4.78, 5) is 38.5. The summed E-state index contributed by atoms with van der Waals surface area (Å²) >= 11 is 7.40. The van der Waals surface area contributed by atoms with E-state index in [1.54, 1.807) is 85.2 Å². The molecular weight excluding hydrogens is 990 g/mol. The third kappa shape index (κ3) is 9.97. The SMILES string of the molecule is FC1(F)c2ccccc2-c2ccc(-c3ccnc(-c4cc(-c5ccc6c(c5)C(F)(F)c5ccccc5-6)ccn4)c3)cc21.O=C(O)c1ccnc(-c2cc(C(=O)O)ccn2)c1.[N-]=C=S.[N-]=C=S.[Ru+2]. The number of rotatable bonds is 6. The second-order valence-electron chi connectivity index (χ2n) is 14.3. The van der Waals surface area contributed by atoms with Crippen LogP contribution in [0.25, 0.3) is 78.1 Å². The van der Waals surface area contributed by atoms with Crippen LogP contribution in [0.5, 0.6) is 0 Å². The number of carboxylic acids is 2. The van der Waals surface area contributed by atoms with Crippen molar-refractivity contribution in [2.75, 3.05) is 0 Å². The van der Waals surface area contributed by atoms with Gasteiger partial charge in [-0.25, -0.2) is 9.59 Å². The number of isothiocyanates is 2. The molecular formula is C50H28F4N6O4RuS2. The largest absolute Gasteiger partial charge is 2.00 e. The van der Waals surface area contributed by atoms with Crippen molar-refractivity contribution in [2.45, 2.75) is 11.8 Å². The van der Waals surface area contributed by atoms with E-state index in [2.05, 4.69) is 44.4 Å². The van der Waals surface area contributed by atoms with Gasteiger partial charge in [-0.3, -0.25) is 19.9 Å². The molecule has 10 nitrogen and oxygen atoms in total. The van der Waals surface area contributed by atoms with Crippen molar-refractivity contribution in [3.63, 3.8) is 0 Å². The Bertz CT molecular complexity index is 3060. The van der Waals surface area contributed by atoms with Gasteiger partial charge in [0.1, 0.15) is 0 Å². The number of fused-ring (bicyclic) bond motifs is 6. The van der Waals surface area contributed by atoms with Gasteiger partial charge < -0.3 is 21.0 Å². The van der Waals surface area contributed by atoms with Crippen molar-refractivity contribution in [1.29, 1.82) is 0 Å². The van der Waals surface area contributed by atoms with Crippen LogP contribution in [-0.2, 0) is 31.3 Å². The van der Waals surface area contributed by atoms with Gasteiger partial charge in [0, 0.05) is 47.0 Å². The Labute approximate surface area is 402 Å². The molecule has 0 radical (unpaired) electrons. The molecule has 0 fully saturated rings. The smallest absolute Gasteiger partial charge is 0.753 e. The van der Waals surface area contributed by atoms with Gasteiger partial charge in [-0.15, -0.1) is 0 Å². The number of halogens is 4. The topological polar surface area (TPSA) is 171 Å². The minimum absolute atomic E-state index is 0. The number of alkyl halides is 4. The molecule has 8 aromatic rings. The molecule has 4 heterocycles. The third-order valence-electron chi connectivity index (χ3n) is 10.6. The average molecular weight is 1020 g/mol. The number of carbonyl (C=O) groups is 2. The van der Waals surface area contributed by atoms with E-state index in [0.717, 1.165) is 11.1 Å². The summed E-state index contributed by atoms with van der Waals surface area (Å²) in [5, 5.41) is 34.6. The molecule has 0 atom stereocenters. The molecule has 330 valence electrons. The first-order valence-corrected chi connectivity index (χ1v) is 20.1.